The highest BCUT2D eigenvalue weighted by Crippen LogP contribution is 2.26. The van der Waals surface area contributed by atoms with Crippen molar-refractivity contribution in [3.8, 4) is 0 Å². The van der Waals surface area contributed by atoms with Crippen LogP contribution in [0.15, 0.2) is 0 Å². The van der Waals surface area contributed by atoms with E-state index in [0.29, 0.717) is 0 Å². The largest absolute Gasteiger partial charge is 0.330 e. The Hall–Kier alpha value is -0.200. The number of unbranched alkanes of at least 4 members (excludes halogenated alkanes) is 18. The van der Waals surface area contributed by atoms with Crippen LogP contribution < -0.4 is 5.73 Å². The van der Waals surface area contributed by atoms with Crippen LogP contribution in [-0.2, 0) is 9.47 Å². The van der Waals surface area contributed by atoms with E-state index in [9.17, 15) is 0 Å². The molecule has 0 aromatic heterocycles. The van der Waals surface area contributed by atoms with Gasteiger partial charge in [0.05, 0.1) is 26.3 Å². The molecule has 2 unspecified atom stereocenters. The fraction of sp³-hybridized carbons (Fsp3) is 1.00. The van der Waals surface area contributed by atoms with Crippen molar-refractivity contribution in [2.75, 3.05) is 52.5 Å². The molecule has 0 spiro atoms. The summed E-state index contributed by atoms with van der Waals surface area (Å²) in [6.07, 6.45) is 28.9. The number of hydrogen-bond donors (Lipinski definition) is 1. The smallest absolute Gasteiger partial charge is 0.192 e. The zero-order valence-corrected chi connectivity index (χ0v) is 27.9. The summed E-state index contributed by atoms with van der Waals surface area (Å²) >= 11 is 0. The third-order valence-electron chi connectivity index (χ3n) is 9.51. The first kappa shape index (κ1) is 37.8. The van der Waals surface area contributed by atoms with Crippen LogP contribution in [0.4, 0.5) is 0 Å². The molecule has 0 radical (unpaired) electrons. The zero-order valence-electron chi connectivity index (χ0n) is 27.9. The quantitative estimate of drug-likeness (QED) is 0.0722. The summed E-state index contributed by atoms with van der Waals surface area (Å²) < 4.78 is 14.1. The van der Waals surface area contributed by atoms with Gasteiger partial charge in [-0.05, 0) is 32.4 Å². The minimum atomic E-state index is 0.193. The van der Waals surface area contributed by atoms with Crippen molar-refractivity contribution in [3.63, 3.8) is 0 Å². The molecule has 0 aromatic carbocycles. The molecule has 240 valence electrons. The number of hydrogen-bond acceptors (Lipinski definition) is 4. The minimum Gasteiger partial charge on any atom is -0.330 e. The van der Waals surface area contributed by atoms with Gasteiger partial charge in [0.1, 0.15) is 0 Å². The third kappa shape index (κ3) is 17.7. The van der Waals surface area contributed by atoms with Crippen molar-refractivity contribution < 1.29 is 14.0 Å². The van der Waals surface area contributed by atoms with Crippen molar-refractivity contribution in [1.29, 1.82) is 0 Å². The van der Waals surface area contributed by atoms with Crippen LogP contribution in [0.3, 0.4) is 0 Å². The zero-order chi connectivity index (χ0) is 29.2. The van der Waals surface area contributed by atoms with Crippen LogP contribution in [0.5, 0.6) is 0 Å². The molecular formula is C35H74N3O2+. The van der Waals surface area contributed by atoms with Crippen LogP contribution in [-0.4, -0.2) is 74.3 Å². The number of nitrogens with two attached hydrogens (primary N) is 1. The average molecular weight is 569 g/mol. The van der Waals surface area contributed by atoms with Gasteiger partial charge < -0.3 is 15.2 Å². The predicted octanol–water partition coefficient (Wildman–Crippen LogP) is 9.03. The van der Waals surface area contributed by atoms with E-state index in [2.05, 4.69) is 32.6 Å². The maximum atomic E-state index is 6.55. The second-order valence-corrected chi connectivity index (χ2v) is 12.8. The maximum Gasteiger partial charge on any atom is 0.192 e. The molecule has 1 rings (SSSR count). The summed E-state index contributed by atoms with van der Waals surface area (Å²) in [4.78, 5) is 2.59. The Labute approximate surface area is 251 Å². The lowest BCUT2D eigenvalue weighted by atomic mass is 10.1. The lowest BCUT2D eigenvalue weighted by Crippen LogP contribution is -2.68. The molecule has 0 aliphatic carbocycles. The van der Waals surface area contributed by atoms with Gasteiger partial charge in [0, 0.05) is 26.9 Å². The number of ether oxygens (including phenoxy) is 2. The summed E-state index contributed by atoms with van der Waals surface area (Å²) in [6, 6.07) is 0. The van der Waals surface area contributed by atoms with Crippen LogP contribution in [0.1, 0.15) is 163 Å². The van der Waals surface area contributed by atoms with E-state index < -0.39 is 0 Å². The van der Waals surface area contributed by atoms with Gasteiger partial charge in [-0.1, -0.05) is 129 Å². The molecule has 0 bridgehead atoms. The van der Waals surface area contributed by atoms with E-state index in [1.165, 1.54) is 128 Å². The highest BCUT2D eigenvalue weighted by atomic mass is 16.5. The molecule has 0 saturated carbocycles. The van der Waals surface area contributed by atoms with Gasteiger partial charge in [0.2, 0.25) is 0 Å². The van der Waals surface area contributed by atoms with E-state index in [0.717, 1.165) is 63.4 Å². The van der Waals surface area contributed by atoms with Gasteiger partial charge >= 0.3 is 0 Å². The topological polar surface area (TPSA) is 47.7 Å². The van der Waals surface area contributed by atoms with Gasteiger partial charge in [-0.3, -0.25) is 9.38 Å². The van der Waals surface area contributed by atoms with E-state index >= 15 is 0 Å². The molecule has 1 fully saturated rings. The minimum absolute atomic E-state index is 0.193. The third-order valence-corrected chi connectivity index (χ3v) is 9.51. The first-order valence-electron chi connectivity index (χ1n) is 18.1. The van der Waals surface area contributed by atoms with Crippen molar-refractivity contribution in [1.82, 2.24) is 4.90 Å². The summed E-state index contributed by atoms with van der Waals surface area (Å²) in [7, 11) is 0. The Kier molecular flexibility index (Phi) is 25.0. The molecule has 2 N–H and O–H groups in total. The van der Waals surface area contributed by atoms with E-state index in [-0.39, 0.29) is 12.5 Å². The Balaban J connectivity index is 2.34. The van der Waals surface area contributed by atoms with Crippen molar-refractivity contribution >= 4 is 0 Å². The lowest BCUT2D eigenvalue weighted by Gasteiger charge is -2.50. The molecule has 0 amide bonds. The van der Waals surface area contributed by atoms with Crippen LogP contribution in [0, 0.1) is 0 Å². The molecule has 1 saturated heterocycles. The monoisotopic (exact) mass is 569 g/mol. The highest BCUT2D eigenvalue weighted by Gasteiger charge is 2.43. The van der Waals surface area contributed by atoms with Crippen molar-refractivity contribution in [3.05, 3.63) is 0 Å². The molecular weight excluding hydrogens is 494 g/mol. The second-order valence-electron chi connectivity index (χ2n) is 12.8. The molecule has 40 heavy (non-hydrogen) atoms. The molecule has 0 aromatic rings. The van der Waals surface area contributed by atoms with Crippen LogP contribution in [0.25, 0.3) is 0 Å². The molecule has 1 heterocycles. The van der Waals surface area contributed by atoms with Gasteiger partial charge in [0.25, 0.3) is 0 Å². The number of nitrogens with zero attached hydrogens (tertiary/aromatic N) is 2. The Morgan fingerprint density at radius 3 is 1.25 bits per heavy atom. The summed E-state index contributed by atoms with van der Waals surface area (Å²) in [5.74, 6) is 0. The predicted molar refractivity (Wildman–Crippen MR) is 175 cm³/mol. The average Bonchev–Trinajstić information content (AvgIpc) is 2.97. The first-order valence-corrected chi connectivity index (χ1v) is 18.1. The lowest BCUT2D eigenvalue weighted by molar-refractivity contribution is -1.01. The molecule has 5 heteroatoms. The summed E-state index contributed by atoms with van der Waals surface area (Å²) in [6.45, 7) is 17.4. The molecule has 1 aliphatic rings. The normalized spacial score (nSPS) is 17.3. The van der Waals surface area contributed by atoms with Crippen LogP contribution >= 0.6 is 0 Å². The summed E-state index contributed by atoms with van der Waals surface area (Å²) in [5, 5.41) is 0. The molecule has 1 aliphatic heterocycles. The number of rotatable bonds is 29. The first-order chi connectivity index (χ1) is 19.6. The fourth-order valence-corrected chi connectivity index (χ4v) is 6.42. The van der Waals surface area contributed by atoms with E-state index in [1.807, 2.05) is 0 Å². The molecule has 2 atom stereocenters. The van der Waals surface area contributed by atoms with E-state index in [4.69, 9.17) is 15.2 Å². The second kappa shape index (κ2) is 26.4. The van der Waals surface area contributed by atoms with E-state index in [1.54, 1.807) is 0 Å². The number of quaternary nitrogens is 1. The van der Waals surface area contributed by atoms with Gasteiger partial charge in [0.15, 0.2) is 12.5 Å². The molecule has 5 nitrogen and oxygen atoms in total. The number of piperazine rings is 1. The maximum absolute atomic E-state index is 6.55. The highest BCUT2D eigenvalue weighted by molar-refractivity contribution is 4.67. The SMILES string of the molecule is CCCCCCCCCCCCOC(C)[N+]1(C(C)OCCCCCCCCCCCC)CCN(CCCN)CC1. The van der Waals surface area contributed by atoms with Gasteiger partial charge in [-0.25, -0.2) is 0 Å². The van der Waals surface area contributed by atoms with Gasteiger partial charge in [-0.2, -0.15) is 0 Å². The van der Waals surface area contributed by atoms with Gasteiger partial charge in [-0.15, -0.1) is 0 Å². The Morgan fingerprint density at radius 2 is 0.900 bits per heavy atom. The Morgan fingerprint density at radius 1 is 0.550 bits per heavy atom. The summed E-state index contributed by atoms with van der Waals surface area (Å²) in [5.41, 5.74) is 5.79. The van der Waals surface area contributed by atoms with Crippen molar-refractivity contribution in [2.24, 2.45) is 5.73 Å². The Bertz CT molecular complexity index is 491. The van der Waals surface area contributed by atoms with Crippen molar-refractivity contribution in [2.45, 2.75) is 175 Å². The van der Waals surface area contributed by atoms with Crippen LogP contribution in [0.2, 0.25) is 0 Å². The fourth-order valence-electron chi connectivity index (χ4n) is 6.42. The standard InChI is InChI=1S/C35H74N3O2/c1-5-7-9-11-13-15-17-19-21-23-32-39-34(3)38(30-28-37(29-31-38)27-25-26-36)35(4)40-33-24-22-20-18-16-14-12-10-8-6-2/h34-35H,5-33,36H2,1-4H3/q+1.